The maximum atomic E-state index is 12.9. The lowest BCUT2D eigenvalue weighted by Crippen LogP contribution is -2.25. The molecule has 27 heavy (non-hydrogen) atoms. The molecule has 0 saturated carbocycles. The predicted octanol–water partition coefficient (Wildman–Crippen LogP) is 5.32. The van der Waals surface area contributed by atoms with Gasteiger partial charge in [0.2, 0.25) is 5.95 Å². The van der Waals surface area contributed by atoms with Gasteiger partial charge in [0.05, 0.1) is 5.56 Å². The summed E-state index contributed by atoms with van der Waals surface area (Å²) in [5, 5.41) is 2.87. The smallest absolute Gasteiger partial charge is 0.324 e. The van der Waals surface area contributed by atoms with E-state index in [1.54, 1.807) is 18.3 Å². The van der Waals surface area contributed by atoms with E-state index in [0.29, 0.717) is 5.82 Å². The topological polar surface area (TPSA) is 41.1 Å². The van der Waals surface area contributed by atoms with Crippen LogP contribution in [0, 0.1) is 0 Å². The molecular weight excluding hydrogens is 353 g/mol. The van der Waals surface area contributed by atoms with Crippen molar-refractivity contribution >= 4 is 23.1 Å². The molecule has 1 aliphatic rings. The summed E-state index contributed by atoms with van der Waals surface area (Å²) >= 11 is 0. The van der Waals surface area contributed by atoms with Crippen LogP contribution in [0.25, 0.3) is 0 Å². The van der Waals surface area contributed by atoms with E-state index in [1.165, 1.54) is 11.6 Å². The first-order chi connectivity index (χ1) is 12.9. The van der Waals surface area contributed by atoms with E-state index in [2.05, 4.69) is 33.2 Å². The van der Waals surface area contributed by atoms with E-state index in [4.69, 9.17) is 0 Å². The number of nitrogens with zero attached hydrogens (tertiary/aromatic N) is 3. The Morgan fingerprint density at radius 3 is 2.70 bits per heavy atom. The standard InChI is InChI=1S/C20H17F3N4/c1-13-11-14-5-2-3-8-17(14)27(13)18-9-10-24-19(26-18)25-16-7-4-6-15(12-16)20(21,22)23/h2-10,12-13H,11H2,1H3,(H,24,25,26). The van der Waals surface area contributed by atoms with E-state index < -0.39 is 11.7 Å². The van der Waals surface area contributed by atoms with Crippen LogP contribution in [0.15, 0.2) is 60.8 Å². The lowest BCUT2D eigenvalue weighted by atomic mass is 10.1. The van der Waals surface area contributed by atoms with Crippen molar-refractivity contribution in [2.75, 3.05) is 10.2 Å². The molecule has 0 bridgehead atoms. The zero-order chi connectivity index (χ0) is 19.0. The molecular formula is C20H17F3N4. The van der Waals surface area contributed by atoms with Gasteiger partial charge in [-0.2, -0.15) is 18.2 Å². The minimum absolute atomic E-state index is 0.235. The zero-order valence-electron chi connectivity index (χ0n) is 14.5. The van der Waals surface area contributed by atoms with Crippen molar-refractivity contribution in [3.63, 3.8) is 0 Å². The van der Waals surface area contributed by atoms with Gasteiger partial charge in [-0.05, 0) is 49.2 Å². The highest BCUT2D eigenvalue weighted by Gasteiger charge is 2.30. The third kappa shape index (κ3) is 3.45. The fourth-order valence-electron chi connectivity index (χ4n) is 3.36. The van der Waals surface area contributed by atoms with Gasteiger partial charge >= 0.3 is 6.18 Å². The van der Waals surface area contributed by atoms with Crippen LogP contribution >= 0.6 is 0 Å². The van der Waals surface area contributed by atoms with E-state index >= 15 is 0 Å². The minimum atomic E-state index is -4.39. The van der Waals surface area contributed by atoms with E-state index in [1.807, 2.05) is 18.2 Å². The molecule has 4 nitrogen and oxygen atoms in total. The van der Waals surface area contributed by atoms with Crippen LogP contribution in [0.4, 0.5) is 36.3 Å². The molecule has 0 saturated heterocycles. The van der Waals surface area contributed by atoms with Gasteiger partial charge < -0.3 is 10.2 Å². The molecule has 3 aromatic rings. The fourth-order valence-corrected chi connectivity index (χ4v) is 3.36. The quantitative estimate of drug-likeness (QED) is 0.677. The second kappa shape index (κ2) is 6.57. The van der Waals surface area contributed by atoms with E-state index in [9.17, 15) is 13.2 Å². The number of alkyl halides is 3. The van der Waals surface area contributed by atoms with Crippen LogP contribution in [-0.2, 0) is 12.6 Å². The van der Waals surface area contributed by atoms with Gasteiger partial charge in [-0.3, -0.25) is 0 Å². The first-order valence-electron chi connectivity index (χ1n) is 8.56. The summed E-state index contributed by atoms with van der Waals surface area (Å²) in [6, 6.07) is 15.1. The molecule has 138 valence electrons. The average molecular weight is 370 g/mol. The lowest BCUT2D eigenvalue weighted by Gasteiger charge is -2.24. The fraction of sp³-hybridized carbons (Fsp3) is 0.200. The van der Waals surface area contributed by atoms with Crippen molar-refractivity contribution in [2.24, 2.45) is 0 Å². The first-order valence-corrected chi connectivity index (χ1v) is 8.56. The summed E-state index contributed by atoms with van der Waals surface area (Å²) in [5.74, 6) is 0.959. The third-order valence-corrected chi connectivity index (χ3v) is 4.54. The molecule has 2 aromatic carbocycles. The Balaban J connectivity index is 1.63. The molecule has 0 aliphatic carbocycles. The minimum Gasteiger partial charge on any atom is -0.324 e. The Morgan fingerprint density at radius 1 is 1.07 bits per heavy atom. The van der Waals surface area contributed by atoms with Crippen LogP contribution in [-0.4, -0.2) is 16.0 Å². The van der Waals surface area contributed by atoms with Gasteiger partial charge in [-0.25, -0.2) is 4.98 Å². The number of anilines is 4. The van der Waals surface area contributed by atoms with Crippen LogP contribution in [0.1, 0.15) is 18.1 Å². The normalized spacial score (nSPS) is 16.3. The second-order valence-corrected chi connectivity index (χ2v) is 6.49. The van der Waals surface area contributed by atoms with Crippen molar-refractivity contribution in [1.82, 2.24) is 9.97 Å². The maximum Gasteiger partial charge on any atom is 0.416 e. The van der Waals surface area contributed by atoms with Crippen molar-refractivity contribution in [2.45, 2.75) is 25.6 Å². The van der Waals surface area contributed by atoms with Crippen LogP contribution in [0.2, 0.25) is 0 Å². The zero-order valence-corrected chi connectivity index (χ0v) is 14.5. The highest BCUT2D eigenvalue weighted by molar-refractivity contribution is 5.69. The summed E-state index contributed by atoms with van der Waals surface area (Å²) in [7, 11) is 0. The number of benzene rings is 2. The number of halogens is 3. The second-order valence-electron chi connectivity index (χ2n) is 6.49. The van der Waals surface area contributed by atoms with Gasteiger partial charge in [0.15, 0.2) is 0 Å². The number of hydrogen-bond acceptors (Lipinski definition) is 4. The number of hydrogen-bond donors (Lipinski definition) is 1. The highest BCUT2D eigenvalue weighted by Crippen LogP contribution is 2.37. The molecule has 1 atom stereocenters. The number of para-hydroxylation sites is 1. The number of fused-ring (bicyclic) bond motifs is 1. The Bertz CT molecular complexity index is 971. The SMILES string of the molecule is CC1Cc2ccccc2N1c1ccnc(Nc2cccc(C(F)(F)F)c2)n1. The molecule has 1 N–H and O–H groups in total. The largest absolute Gasteiger partial charge is 0.416 e. The summed E-state index contributed by atoms with van der Waals surface area (Å²) in [4.78, 5) is 10.8. The summed E-state index contributed by atoms with van der Waals surface area (Å²) in [5.41, 5.74) is 1.91. The van der Waals surface area contributed by atoms with Crippen LogP contribution < -0.4 is 10.2 Å². The Kier molecular flexibility index (Phi) is 4.22. The molecule has 1 aromatic heterocycles. The molecule has 0 spiro atoms. The molecule has 2 heterocycles. The Hall–Kier alpha value is -3.09. The van der Waals surface area contributed by atoms with Gasteiger partial charge in [0, 0.05) is 23.6 Å². The van der Waals surface area contributed by atoms with Crippen LogP contribution in [0.3, 0.4) is 0 Å². The monoisotopic (exact) mass is 370 g/mol. The van der Waals surface area contributed by atoms with Crippen molar-refractivity contribution in [1.29, 1.82) is 0 Å². The van der Waals surface area contributed by atoms with Gasteiger partial charge in [-0.1, -0.05) is 24.3 Å². The summed E-state index contributed by atoms with van der Waals surface area (Å²) < 4.78 is 38.7. The summed E-state index contributed by atoms with van der Waals surface area (Å²) in [6.07, 6.45) is -1.88. The first kappa shape index (κ1) is 17.3. The van der Waals surface area contributed by atoms with Crippen molar-refractivity contribution in [3.8, 4) is 0 Å². The van der Waals surface area contributed by atoms with E-state index in [0.717, 1.165) is 24.2 Å². The maximum absolute atomic E-state index is 12.9. The van der Waals surface area contributed by atoms with Crippen LogP contribution in [0.5, 0.6) is 0 Å². The van der Waals surface area contributed by atoms with Crippen molar-refractivity contribution < 1.29 is 13.2 Å². The van der Waals surface area contributed by atoms with Crippen molar-refractivity contribution in [3.05, 3.63) is 71.9 Å². The Morgan fingerprint density at radius 2 is 1.89 bits per heavy atom. The predicted molar refractivity (Wildman–Crippen MR) is 98.5 cm³/mol. The molecule has 4 rings (SSSR count). The molecule has 1 unspecified atom stereocenters. The van der Waals surface area contributed by atoms with Gasteiger partial charge in [0.25, 0.3) is 0 Å². The van der Waals surface area contributed by atoms with Gasteiger partial charge in [0.1, 0.15) is 5.82 Å². The van der Waals surface area contributed by atoms with E-state index in [-0.39, 0.29) is 17.7 Å². The average Bonchev–Trinajstić information content (AvgIpc) is 2.97. The number of nitrogens with one attached hydrogen (secondary N) is 1. The van der Waals surface area contributed by atoms with Gasteiger partial charge in [-0.15, -0.1) is 0 Å². The summed E-state index contributed by atoms with van der Waals surface area (Å²) in [6.45, 7) is 2.11. The number of rotatable bonds is 3. The third-order valence-electron chi connectivity index (χ3n) is 4.54. The molecule has 0 radical (unpaired) electrons. The molecule has 0 amide bonds. The molecule has 7 heteroatoms. The molecule has 0 fully saturated rings. The lowest BCUT2D eigenvalue weighted by molar-refractivity contribution is -0.137. The Labute approximate surface area is 154 Å². The molecule has 1 aliphatic heterocycles. The number of aromatic nitrogens is 2. The highest BCUT2D eigenvalue weighted by atomic mass is 19.4.